The average molecular weight is 1870 g/mol. The first-order chi connectivity index (χ1) is 54.9. The summed E-state index contributed by atoms with van der Waals surface area (Å²) >= 11 is 12.5. The number of hydrogen-bond donors (Lipinski definition) is 1. The predicted molar refractivity (Wildman–Crippen MR) is 430 cm³/mol. The minimum Gasteiger partial charge on any atom is -0.395 e. The van der Waals surface area contributed by atoms with Crippen LogP contribution < -0.4 is 30.2 Å². The number of imidazole rings is 4. The molecule has 15 rings (SSSR count). The molecule has 31 nitrogen and oxygen atoms in total. The summed E-state index contributed by atoms with van der Waals surface area (Å²) in [6, 6.07) is 16.7. The predicted octanol–water partition coefficient (Wildman–Crippen LogP) is 14.5. The molecule has 6 aromatic carbocycles. The fourth-order valence-electron chi connectivity index (χ4n) is 12.2. The zero-order valence-electron chi connectivity index (χ0n) is 62.3. The molecule has 0 unspecified atom stereocenters. The van der Waals surface area contributed by atoms with Crippen molar-refractivity contribution in [1.29, 1.82) is 0 Å². The van der Waals surface area contributed by atoms with Crippen LogP contribution in [-0.4, -0.2) is 189 Å². The van der Waals surface area contributed by atoms with Crippen LogP contribution in [0.15, 0.2) is 141 Å². The van der Waals surface area contributed by atoms with Crippen molar-refractivity contribution < 1.29 is 74.1 Å². The molecule has 115 heavy (non-hydrogen) atoms. The van der Waals surface area contributed by atoms with Gasteiger partial charge in [0.05, 0.1) is 107 Å². The van der Waals surface area contributed by atoms with Crippen molar-refractivity contribution in [2.75, 3.05) is 162 Å². The van der Waals surface area contributed by atoms with Crippen molar-refractivity contribution in [2.24, 2.45) is 28.2 Å². The quantitative estimate of drug-likeness (QED) is 0.0514. The number of morpholine rings is 5. The number of nitrogen functional groups attached to an aromatic ring is 1. The second-order valence-electron chi connectivity index (χ2n) is 25.5. The minimum absolute atomic E-state index is 0.128. The molecule has 5 aliphatic rings. The van der Waals surface area contributed by atoms with Crippen molar-refractivity contribution in [3.63, 3.8) is 0 Å². The molecule has 0 atom stereocenters. The number of aryl methyl sites for hydroxylation is 5. The lowest BCUT2D eigenvalue weighted by Gasteiger charge is -2.30. The van der Waals surface area contributed by atoms with Crippen molar-refractivity contribution in [3.05, 3.63) is 227 Å². The maximum atomic E-state index is 14.3. The summed E-state index contributed by atoms with van der Waals surface area (Å²) in [6.45, 7) is 13.3. The molecule has 0 radical (unpaired) electrons. The van der Waals surface area contributed by atoms with Gasteiger partial charge in [-0.05, 0) is 117 Å². The average Bonchev–Trinajstić information content (AvgIpc) is 1.79. The highest BCUT2D eigenvalue weighted by atomic mass is 79.9. The van der Waals surface area contributed by atoms with Crippen LogP contribution in [0.1, 0.15) is 5.56 Å². The molecule has 42 heteroatoms. The number of halogens is 11. The molecule has 9 heterocycles. The molecule has 614 valence electrons. The Bertz CT molecular complexity index is 4800. The first kappa shape index (κ1) is 88.7. The van der Waals surface area contributed by atoms with Crippen LogP contribution in [0.25, 0.3) is 34.2 Å². The topological polar surface area (TPSA) is 332 Å². The number of nitro groups is 4. The van der Waals surface area contributed by atoms with Crippen LogP contribution in [0.5, 0.6) is 0 Å². The van der Waals surface area contributed by atoms with Gasteiger partial charge in [-0.1, -0.05) is 31.9 Å². The van der Waals surface area contributed by atoms with Gasteiger partial charge in [0.2, 0.25) is 29.1 Å². The Balaban J connectivity index is 0.000000156. The standard InChI is InChI=1S/C14H15BrFN3O.C14H15FN4O3.C14H17FN4O.C11H13FN2O3.C10H10BrFN2O3.C6H2BrF2NO2.C4H5BrN2/c1-18-3-2-17-14(18)10-8-11(16)13(15)12(9-10)19-4-6-20-7-5-19;1-17-3-2-16-14(17)10-8-11(15)13(19(20)21)12(9-10)18-4-6-22-7-5-18;1-18-3-2-17-14(18)10-8-11(15)13(16)12(9-10)19-4-6-20-7-5-19;1-8-6-9(12)11(14(15)16)10(7-8)13-2-4-17-5-3-13;11-7-5-8(12)10(14(15)16)9(6-7)13-1-3-17-4-2-13;7-3-1-4(8)6(10(11)12)5(9)2-3;1-7-3-2-6-4(7)5/h2-3,8-9H,4-7H2,1H3;2-3,8-9H,4-7H2,1H3;2-3,8-9H,4-7,16H2,1H3;6-7H,2-5H2,1H3;5-6H,1-4H2;1-2H;2-3H,1H3. The molecule has 4 aromatic heterocycles. The van der Waals surface area contributed by atoms with E-state index in [0.717, 1.165) is 70.6 Å². The maximum absolute atomic E-state index is 14.3. The number of nitrogens with two attached hydrogens (primary N) is 1. The normalized spacial score (nSPS) is 14.7. The van der Waals surface area contributed by atoms with E-state index >= 15 is 0 Å². The van der Waals surface area contributed by atoms with Gasteiger partial charge in [-0.3, -0.25) is 40.5 Å². The van der Waals surface area contributed by atoms with Gasteiger partial charge in [-0.25, -0.2) is 28.7 Å². The summed E-state index contributed by atoms with van der Waals surface area (Å²) in [7, 11) is 7.49. The summed E-state index contributed by atoms with van der Waals surface area (Å²) in [5.74, 6) is -3.49. The van der Waals surface area contributed by atoms with Gasteiger partial charge >= 0.3 is 22.7 Å². The van der Waals surface area contributed by atoms with Gasteiger partial charge in [0.15, 0.2) is 4.73 Å². The Morgan fingerprint density at radius 3 is 0.965 bits per heavy atom. The van der Waals surface area contributed by atoms with Crippen molar-refractivity contribution in [1.82, 2.24) is 38.2 Å². The lowest BCUT2D eigenvalue weighted by atomic mass is 10.1. The summed E-state index contributed by atoms with van der Waals surface area (Å²) in [5, 5.41) is 43.1. The van der Waals surface area contributed by atoms with Crippen molar-refractivity contribution in [2.45, 2.75) is 6.92 Å². The number of aromatic nitrogens is 8. The molecule has 5 aliphatic heterocycles. The summed E-state index contributed by atoms with van der Waals surface area (Å²) in [6.07, 6.45) is 14.0. The van der Waals surface area contributed by atoms with Crippen LogP contribution in [0.4, 0.5) is 87.6 Å². The molecule has 0 saturated carbocycles. The van der Waals surface area contributed by atoms with E-state index in [1.165, 1.54) is 18.2 Å². The number of ether oxygens (including phenoxy) is 5. The summed E-state index contributed by atoms with van der Waals surface area (Å²) < 4.78 is 131. The van der Waals surface area contributed by atoms with E-state index in [4.69, 9.17) is 29.4 Å². The molecule has 5 saturated heterocycles. The molecule has 0 spiro atoms. The van der Waals surface area contributed by atoms with Crippen LogP contribution in [-0.2, 0) is 51.9 Å². The molecule has 5 fully saturated rings. The van der Waals surface area contributed by atoms with E-state index in [1.54, 1.807) is 82.4 Å². The first-order valence-electron chi connectivity index (χ1n) is 35.0. The lowest BCUT2D eigenvalue weighted by Crippen LogP contribution is -2.36. The smallest absolute Gasteiger partial charge is 0.340 e. The Labute approximate surface area is 687 Å². The van der Waals surface area contributed by atoms with E-state index < -0.39 is 77.3 Å². The highest BCUT2D eigenvalue weighted by Gasteiger charge is 2.31. The van der Waals surface area contributed by atoms with Crippen molar-refractivity contribution >= 4 is 121 Å². The second-order valence-corrected chi connectivity index (χ2v) is 28.8. The molecule has 2 N–H and O–H groups in total. The van der Waals surface area contributed by atoms with E-state index in [0.29, 0.717) is 161 Å². The van der Waals surface area contributed by atoms with E-state index in [9.17, 15) is 71.2 Å². The van der Waals surface area contributed by atoms with Crippen molar-refractivity contribution in [3.8, 4) is 34.2 Å². The maximum Gasteiger partial charge on any atom is 0.340 e. The number of benzene rings is 6. The molecular weight excluding hydrogens is 1790 g/mol. The fraction of sp³-hybridized carbons (Fsp3) is 0.342. The third kappa shape index (κ3) is 23.5. The molecule has 0 aliphatic carbocycles. The van der Waals surface area contributed by atoms with Gasteiger partial charge in [0, 0.05) is 169 Å². The number of nitro benzene ring substituents is 4. The van der Waals surface area contributed by atoms with Gasteiger partial charge in [-0.2, -0.15) is 22.0 Å². The largest absolute Gasteiger partial charge is 0.395 e. The molecule has 0 amide bonds. The monoisotopic (exact) mass is 1860 g/mol. The highest BCUT2D eigenvalue weighted by molar-refractivity contribution is 9.11. The van der Waals surface area contributed by atoms with Gasteiger partial charge in [0.1, 0.15) is 46.2 Å². The Kier molecular flexibility index (Phi) is 32.3. The third-order valence-corrected chi connectivity index (χ3v) is 20.3. The minimum atomic E-state index is -1.19. The molecule has 10 aromatic rings. The number of rotatable bonds is 12. The van der Waals surface area contributed by atoms with E-state index in [2.05, 4.69) is 88.6 Å². The Hall–Kier alpha value is -10.2. The number of hydrogen-bond acceptors (Lipinski definition) is 23. The van der Waals surface area contributed by atoms with Gasteiger partial charge in [0.25, 0.3) is 0 Å². The Morgan fingerprint density at radius 2 is 0.626 bits per heavy atom. The molecule has 0 bridgehead atoms. The van der Waals surface area contributed by atoms with Gasteiger partial charge in [-0.15, -0.1) is 0 Å². The summed E-state index contributed by atoms with van der Waals surface area (Å²) in [5.41, 5.74) is 8.69. The zero-order chi connectivity index (χ0) is 83.3. The first-order valence-corrected chi connectivity index (χ1v) is 38.2. The van der Waals surface area contributed by atoms with Crippen LogP contribution >= 0.6 is 63.7 Å². The second kappa shape index (κ2) is 41.9. The third-order valence-electron chi connectivity index (χ3n) is 17.8. The van der Waals surface area contributed by atoms with Crippen LogP contribution in [0, 0.1) is 88.1 Å². The van der Waals surface area contributed by atoms with Crippen LogP contribution in [0.2, 0.25) is 0 Å². The lowest BCUT2D eigenvalue weighted by molar-refractivity contribution is -0.390. The van der Waals surface area contributed by atoms with E-state index in [1.807, 2.05) is 70.5 Å². The SMILES string of the molecule is Cc1cc(F)c([N+](=O)[O-])c(N2CCOCC2)c1.Cn1ccnc1-c1cc(F)c(Br)c(N2CCOCC2)c1.Cn1ccnc1-c1cc(F)c(N)c(N2CCOCC2)c1.Cn1ccnc1-c1cc(F)c([N+](=O)[O-])c(N2CCOCC2)c1.Cn1ccnc1Br.O=[N+]([O-])c1c(F)cc(Br)cc1F.O=[N+]([O-])c1c(F)cc(Br)cc1N1CCOCC1. The van der Waals surface area contributed by atoms with Crippen LogP contribution in [0.3, 0.4) is 0 Å². The summed E-state index contributed by atoms with van der Waals surface area (Å²) in [4.78, 5) is 66.1. The molecular formula is C73H77Br4F7N18O13. The number of anilines is 6. The van der Waals surface area contributed by atoms with Gasteiger partial charge < -0.3 is 72.2 Å². The zero-order valence-corrected chi connectivity index (χ0v) is 68.7. The van der Waals surface area contributed by atoms with E-state index in [-0.39, 0.29) is 21.7 Å². The highest BCUT2D eigenvalue weighted by Crippen LogP contribution is 2.40. The Morgan fingerprint density at radius 1 is 0.348 bits per heavy atom. The number of nitrogens with zero attached hydrogens (tertiary/aromatic N) is 17. The fourth-order valence-corrected chi connectivity index (χ4v) is 13.7.